The van der Waals surface area contributed by atoms with Crippen LogP contribution in [0.5, 0.6) is 5.75 Å². The van der Waals surface area contributed by atoms with E-state index in [0.29, 0.717) is 5.02 Å². The van der Waals surface area contributed by atoms with E-state index in [0.717, 1.165) is 53.5 Å². The molecule has 0 saturated heterocycles. The Morgan fingerprint density at radius 2 is 1.62 bits per heavy atom. The molecule has 1 aliphatic carbocycles. The van der Waals surface area contributed by atoms with Gasteiger partial charge in [-0.05, 0) is 50.5 Å². The lowest BCUT2D eigenvalue weighted by atomic mass is 9.77. The largest absolute Gasteiger partial charge is 0.490 e. The molecule has 0 aromatic heterocycles. The number of halogens is 1. The van der Waals surface area contributed by atoms with E-state index < -0.39 is 5.41 Å². The maximum atomic E-state index is 13.6. The molecule has 150 valence electrons. The summed E-state index contributed by atoms with van der Waals surface area (Å²) in [4.78, 5) is 13.6. The highest BCUT2D eigenvalue weighted by Crippen LogP contribution is 2.45. The van der Waals surface area contributed by atoms with E-state index in [2.05, 4.69) is 5.32 Å². The van der Waals surface area contributed by atoms with Crippen LogP contribution < -0.4 is 10.1 Å². The van der Waals surface area contributed by atoms with Crippen LogP contribution in [0.25, 0.3) is 10.8 Å². The molecular weight excluding hydrogens is 382 g/mol. The van der Waals surface area contributed by atoms with Gasteiger partial charge >= 0.3 is 0 Å². The van der Waals surface area contributed by atoms with Crippen molar-refractivity contribution in [2.75, 3.05) is 5.32 Å². The van der Waals surface area contributed by atoms with Crippen LogP contribution in [0.1, 0.15) is 45.1 Å². The van der Waals surface area contributed by atoms with Gasteiger partial charge < -0.3 is 10.1 Å². The summed E-state index contributed by atoms with van der Waals surface area (Å²) in [5.74, 6) is 0.848. The molecule has 4 rings (SSSR count). The lowest BCUT2D eigenvalue weighted by molar-refractivity contribution is -0.121. The van der Waals surface area contributed by atoms with Gasteiger partial charge in [0.15, 0.2) is 0 Å². The second-order valence-electron chi connectivity index (χ2n) is 8.05. The van der Waals surface area contributed by atoms with Gasteiger partial charge in [-0.1, -0.05) is 66.9 Å². The minimum atomic E-state index is -0.577. The van der Waals surface area contributed by atoms with Gasteiger partial charge in [0.1, 0.15) is 5.75 Å². The molecule has 1 aliphatic rings. The maximum absolute atomic E-state index is 13.6. The zero-order chi connectivity index (χ0) is 20.4. The average molecular weight is 408 g/mol. The minimum absolute atomic E-state index is 0.0192. The molecule has 3 aromatic rings. The number of fused-ring (bicyclic) bond motifs is 1. The Balaban J connectivity index is 1.73. The van der Waals surface area contributed by atoms with Crippen LogP contribution in [-0.4, -0.2) is 12.0 Å². The summed E-state index contributed by atoms with van der Waals surface area (Å²) in [7, 11) is 0. The summed E-state index contributed by atoms with van der Waals surface area (Å²) < 4.78 is 5.96. The number of rotatable bonds is 5. The zero-order valence-corrected chi connectivity index (χ0v) is 17.6. The first kappa shape index (κ1) is 19.8. The van der Waals surface area contributed by atoms with Crippen molar-refractivity contribution in [1.29, 1.82) is 0 Å². The zero-order valence-electron chi connectivity index (χ0n) is 16.9. The van der Waals surface area contributed by atoms with Gasteiger partial charge in [0.2, 0.25) is 5.91 Å². The van der Waals surface area contributed by atoms with Crippen LogP contribution >= 0.6 is 11.6 Å². The van der Waals surface area contributed by atoms with E-state index in [1.165, 1.54) is 0 Å². The Kier molecular flexibility index (Phi) is 5.51. The molecule has 0 unspecified atom stereocenters. The highest BCUT2D eigenvalue weighted by molar-refractivity contribution is 6.32. The second-order valence-corrected chi connectivity index (χ2v) is 8.45. The molecule has 0 radical (unpaired) electrons. The van der Waals surface area contributed by atoms with Crippen molar-refractivity contribution in [1.82, 2.24) is 0 Å². The van der Waals surface area contributed by atoms with E-state index in [4.69, 9.17) is 16.3 Å². The standard InChI is InChI=1S/C25H26ClNO2/c1-17(2)29-23-14-13-22(18-9-3-4-10-19(18)23)27-24(28)25(15-7-8-16-25)20-11-5-6-12-21(20)26/h3-6,9-14,17H,7-8,15-16H2,1-2H3,(H,27,28). The fourth-order valence-electron chi connectivity index (χ4n) is 4.43. The van der Waals surface area contributed by atoms with E-state index in [1.54, 1.807) is 0 Å². The second kappa shape index (κ2) is 8.08. The summed E-state index contributed by atoms with van der Waals surface area (Å²) in [6, 6.07) is 19.6. The van der Waals surface area contributed by atoms with Crippen LogP contribution in [0.2, 0.25) is 5.02 Å². The maximum Gasteiger partial charge on any atom is 0.235 e. The molecule has 0 bridgehead atoms. The van der Waals surface area contributed by atoms with Gasteiger partial charge in [0, 0.05) is 21.5 Å². The Labute approximate surface area is 177 Å². The number of carbonyl (C=O) groups is 1. The Morgan fingerprint density at radius 3 is 2.31 bits per heavy atom. The molecule has 0 heterocycles. The SMILES string of the molecule is CC(C)Oc1ccc(NC(=O)C2(c3ccccc3Cl)CCCC2)c2ccccc12. The number of anilines is 1. The number of hydrogen-bond acceptors (Lipinski definition) is 2. The number of ether oxygens (including phenoxy) is 1. The third-order valence-corrected chi connectivity index (χ3v) is 6.11. The number of benzene rings is 3. The lowest BCUT2D eigenvalue weighted by Crippen LogP contribution is -2.38. The first-order valence-electron chi connectivity index (χ1n) is 10.3. The van der Waals surface area contributed by atoms with Crippen molar-refractivity contribution in [3.8, 4) is 5.75 Å². The average Bonchev–Trinajstić information content (AvgIpc) is 3.21. The molecule has 1 N–H and O–H groups in total. The summed E-state index contributed by atoms with van der Waals surface area (Å²) in [6.45, 7) is 4.02. The van der Waals surface area contributed by atoms with Crippen molar-refractivity contribution in [2.45, 2.75) is 51.0 Å². The Bertz CT molecular complexity index is 1040. The molecule has 4 heteroatoms. The van der Waals surface area contributed by atoms with Gasteiger partial charge in [0.25, 0.3) is 0 Å². The van der Waals surface area contributed by atoms with Crippen molar-refractivity contribution in [2.24, 2.45) is 0 Å². The summed E-state index contributed by atoms with van der Waals surface area (Å²) in [5, 5.41) is 5.86. The third kappa shape index (κ3) is 3.72. The highest BCUT2D eigenvalue weighted by Gasteiger charge is 2.44. The fourth-order valence-corrected chi connectivity index (χ4v) is 4.74. The topological polar surface area (TPSA) is 38.3 Å². The normalized spacial score (nSPS) is 15.6. The monoisotopic (exact) mass is 407 g/mol. The number of hydrogen-bond donors (Lipinski definition) is 1. The molecular formula is C25H26ClNO2. The highest BCUT2D eigenvalue weighted by atomic mass is 35.5. The van der Waals surface area contributed by atoms with Crippen molar-refractivity contribution in [3.63, 3.8) is 0 Å². The smallest absolute Gasteiger partial charge is 0.235 e. The van der Waals surface area contributed by atoms with Crippen molar-refractivity contribution < 1.29 is 9.53 Å². The number of nitrogens with one attached hydrogen (secondary N) is 1. The summed E-state index contributed by atoms with van der Waals surface area (Å²) in [6.07, 6.45) is 3.77. The molecule has 0 spiro atoms. The molecule has 3 aromatic carbocycles. The molecule has 29 heavy (non-hydrogen) atoms. The summed E-state index contributed by atoms with van der Waals surface area (Å²) in [5.41, 5.74) is 1.16. The van der Waals surface area contributed by atoms with E-state index >= 15 is 0 Å². The fraction of sp³-hybridized carbons (Fsp3) is 0.320. The first-order chi connectivity index (χ1) is 14.0. The minimum Gasteiger partial charge on any atom is -0.490 e. The van der Waals surface area contributed by atoms with Gasteiger partial charge in [0.05, 0.1) is 11.5 Å². The molecule has 0 atom stereocenters. The molecule has 1 fully saturated rings. The van der Waals surface area contributed by atoms with Crippen LogP contribution in [0.15, 0.2) is 60.7 Å². The quantitative estimate of drug-likeness (QED) is 0.509. The van der Waals surface area contributed by atoms with Gasteiger partial charge in [-0.3, -0.25) is 4.79 Å². The predicted octanol–water partition coefficient (Wildman–Crippen LogP) is 6.73. The molecule has 3 nitrogen and oxygen atoms in total. The number of carbonyl (C=O) groups excluding carboxylic acids is 1. The Hall–Kier alpha value is -2.52. The van der Waals surface area contributed by atoms with E-state index in [-0.39, 0.29) is 12.0 Å². The van der Waals surface area contributed by atoms with Gasteiger partial charge in [-0.25, -0.2) is 0 Å². The molecule has 1 saturated carbocycles. The first-order valence-corrected chi connectivity index (χ1v) is 10.6. The van der Waals surface area contributed by atoms with Crippen molar-refractivity contribution in [3.05, 3.63) is 71.2 Å². The van der Waals surface area contributed by atoms with Crippen LogP contribution in [-0.2, 0) is 10.2 Å². The Morgan fingerprint density at radius 1 is 0.966 bits per heavy atom. The molecule has 0 aliphatic heterocycles. The van der Waals surface area contributed by atoms with Crippen LogP contribution in [0.3, 0.4) is 0 Å². The lowest BCUT2D eigenvalue weighted by Gasteiger charge is -2.29. The third-order valence-electron chi connectivity index (χ3n) is 5.78. The van der Waals surface area contributed by atoms with E-state index in [9.17, 15) is 4.79 Å². The summed E-state index contributed by atoms with van der Waals surface area (Å²) >= 11 is 6.51. The van der Waals surface area contributed by atoms with E-state index in [1.807, 2.05) is 74.5 Å². The predicted molar refractivity (Wildman–Crippen MR) is 120 cm³/mol. The van der Waals surface area contributed by atoms with Crippen molar-refractivity contribution >= 4 is 34.0 Å². The van der Waals surface area contributed by atoms with Crippen LogP contribution in [0, 0.1) is 0 Å². The van der Waals surface area contributed by atoms with Crippen LogP contribution in [0.4, 0.5) is 5.69 Å². The van der Waals surface area contributed by atoms with Gasteiger partial charge in [-0.15, -0.1) is 0 Å². The molecule has 1 amide bonds. The van der Waals surface area contributed by atoms with Gasteiger partial charge in [-0.2, -0.15) is 0 Å². The number of amides is 1.